The molecule has 130 valence electrons. The molecule has 1 aromatic heterocycles. The molecule has 0 saturated heterocycles. The van der Waals surface area contributed by atoms with Crippen molar-refractivity contribution in [1.82, 2.24) is 4.98 Å². The van der Waals surface area contributed by atoms with Crippen molar-refractivity contribution < 1.29 is 14.2 Å². The number of thiazole rings is 1. The van der Waals surface area contributed by atoms with Gasteiger partial charge in [-0.05, 0) is 61.4 Å². The summed E-state index contributed by atoms with van der Waals surface area (Å²) in [4.78, 5) is 4.70. The number of benzene rings is 2. The second-order valence-corrected chi connectivity index (χ2v) is 6.78. The summed E-state index contributed by atoms with van der Waals surface area (Å²) in [6.45, 7) is 4.23. The van der Waals surface area contributed by atoms with Gasteiger partial charge in [0.1, 0.15) is 5.01 Å². The molecule has 3 aromatic rings. The Hall–Kier alpha value is -2.53. The number of methoxy groups -OCH3 is 3. The molecular weight excluding hydrogens is 334 g/mol. The number of hydrogen-bond donors (Lipinski definition) is 0. The normalized spacial score (nSPS) is 11.2. The van der Waals surface area contributed by atoms with Crippen molar-refractivity contribution in [3.63, 3.8) is 0 Å². The van der Waals surface area contributed by atoms with Crippen molar-refractivity contribution in [2.24, 2.45) is 0 Å². The average molecular weight is 355 g/mol. The maximum Gasteiger partial charge on any atom is 0.203 e. The Kier molecular flexibility index (Phi) is 4.95. The van der Waals surface area contributed by atoms with E-state index in [2.05, 4.69) is 26.0 Å². The summed E-state index contributed by atoms with van der Waals surface area (Å²) in [6, 6.07) is 8.14. The van der Waals surface area contributed by atoms with Crippen LogP contribution in [0, 0.1) is 13.8 Å². The Morgan fingerprint density at radius 2 is 1.60 bits per heavy atom. The fourth-order valence-corrected chi connectivity index (χ4v) is 3.64. The first-order valence-corrected chi connectivity index (χ1v) is 8.74. The quantitative estimate of drug-likeness (QED) is 0.638. The van der Waals surface area contributed by atoms with E-state index in [4.69, 9.17) is 19.2 Å². The SMILES string of the molecule is COc1ccc(C=Cc2nc3cc(C)c(C)cc3s2)c(OC)c1OC. The van der Waals surface area contributed by atoms with Gasteiger partial charge in [0.05, 0.1) is 31.5 Å². The molecule has 3 rings (SSSR count). The number of aryl methyl sites for hydroxylation is 2. The highest BCUT2D eigenvalue weighted by atomic mass is 32.1. The highest BCUT2D eigenvalue weighted by Gasteiger charge is 2.14. The van der Waals surface area contributed by atoms with Gasteiger partial charge in [0, 0.05) is 5.56 Å². The maximum absolute atomic E-state index is 5.52. The van der Waals surface area contributed by atoms with Crippen LogP contribution in [-0.2, 0) is 0 Å². The Balaban J connectivity index is 1.99. The summed E-state index contributed by atoms with van der Waals surface area (Å²) in [5.74, 6) is 1.87. The summed E-state index contributed by atoms with van der Waals surface area (Å²) in [7, 11) is 4.84. The Morgan fingerprint density at radius 3 is 2.28 bits per heavy atom. The van der Waals surface area contributed by atoms with Crippen LogP contribution in [0.4, 0.5) is 0 Å². The average Bonchev–Trinajstić information content (AvgIpc) is 3.00. The number of nitrogens with zero attached hydrogens (tertiary/aromatic N) is 1. The van der Waals surface area contributed by atoms with E-state index in [1.807, 2.05) is 24.3 Å². The van der Waals surface area contributed by atoms with Crippen LogP contribution in [0.1, 0.15) is 21.7 Å². The van der Waals surface area contributed by atoms with Crippen molar-refractivity contribution in [2.45, 2.75) is 13.8 Å². The monoisotopic (exact) mass is 355 g/mol. The number of ether oxygens (including phenoxy) is 3. The van der Waals surface area contributed by atoms with Crippen LogP contribution in [0.3, 0.4) is 0 Å². The van der Waals surface area contributed by atoms with Crippen molar-refractivity contribution in [3.05, 3.63) is 46.0 Å². The van der Waals surface area contributed by atoms with Gasteiger partial charge in [-0.15, -0.1) is 11.3 Å². The molecule has 0 fully saturated rings. The second-order valence-electron chi connectivity index (χ2n) is 5.71. The standard InChI is InChI=1S/C20H21NO3S/c1-12-10-15-17(11-13(12)2)25-18(21-15)9-7-14-6-8-16(22-3)20(24-5)19(14)23-4/h6-11H,1-5H3. The third-order valence-electron chi connectivity index (χ3n) is 4.16. The number of aromatic nitrogens is 1. The van der Waals surface area contributed by atoms with Crippen molar-refractivity contribution >= 4 is 33.7 Å². The van der Waals surface area contributed by atoms with Gasteiger partial charge in [-0.25, -0.2) is 4.98 Å². The molecule has 2 aromatic carbocycles. The third kappa shape index (κ3) is 3.33. The van der Waals surface area contributed by atoms with Gasteiger partial charge in [0.15, 0.2) is 11.5 Å². The van der Waals surface area contributed by atoms with Crippen LogP contribution in [0.25, 0.3) is 22.4 Å². The van der Waals surface area contributed by atoms with Crippen LogP contribution < -0.4 is 14.2 Å². The summed E-state index contributed by atoms with van der Waals surface area (Å²) < 4.78 is 17.5. The predicted molar refractivity (Wildman–Crippen MR) is 104 cm³/mol. The molecule has 0 amide bonds. The first kappa shape index (κ1) is 17.3. The van der Waals surface area contributed by atoms with E-state index >= 15 is 0 Å². The molecule has 0 unspecified atom stereocenters. The van der Waals surface area contributed by atoms with E-state index in [1.165, 1.54) is 15.8 Å². The lowest BCUT2D eigenvalue weighted by atomic mass is 10.1. The van der Waals surface area contributed by atoms with E-state index in [1.54, 1.807) is 32.7 Å². The third-order valence-corrected chi connectivity index (χ3v) is 5.14. The zero-order valence-electron chi connectivity index (χ0n) is 15.0. The molecule has 5 heteroatoms. The predicted octanol–water partition coefficient (Wildman–Crippen LogP) is 5.11. The van der Waals surface area contributed by atoms with Crippen LogP contribution in [0.15, 0.2) is 24.3 Å². The Morgan fingerprint density at radius 1 is 0.880 bits per heavy atom. The smallest absolute Gasteiger partial charge is 0.203 e. The molecule has 0 aliphatic carbocycles. The number of fused-ring (bicyclic) bond motifs is 1. The van der Waals surface area contributed by atoms with E-state index in [-0.39, 0.29) is 0 Å². The van der Waals surface area contributed by atoms with Gasteiger partial charge >= 0.3 is 0 Å². The zero-order chi connectivity index (χ0) is 18.0. The molecule has 0 atom stereocenters. The lowest BCUT2D eigenvalue weighted by Crippen LogP contribution is -1.96. The van der Waals surface area contributed by atoms with E-state index in [0.29, 0.717) is 17.2 Å². The first-order chi connectivity index (χ1) is 12.1. The number of hydrogen-bond acceptors (Lipinski definition) is 5. The van der Waals surface area contributed by atoms with Crippen molar-refractivity contribution in [1.29, 1.82) is 0 Å². The maximum atomic E-state index is 5.52. The summed E-state index contributed by atoms with van der Waals surface area (Å²) >= 11 is 1.68. The van der Waals surface area contributed by atoms with Crippen LogP contribution in [0.5, 0.6) is 17.2 Å². The summed E-state index contributed by atoms with van der Waals surface area (Å²) in [5.41, 5.74) is 4.49. The zero-order valence-corrected chi connectivity index (χ0v) is 15.9. The Labute approximate surface area is 151 Å². The molecule has 0 saturated carbocycles. The molecule has 25 heavy (non-hydrogen) atoms. The fourth-order valence-electron chi connectivity index (χ4n) is 2.69. The fraction of sp³-hybridized carbons (Fsp3) is 0.250. The van der Waals surface area contributed by atoms with Gasteiger partial charge in [0.2, 0.25) is 5.75 Å². The lowest BCUT2D eigenvalue weighted by Gasteiger charge is -2.13. The van der Waals surface area contributed by atoms with Crippen LogP contribution in [0.2, 0.25) is 0 Å². The largest absolute Gasteiger partial charge is 0.493 e. The molecule has 1 heterocycles. The molecule has 0 N–H and O–H groups in total. The first-order valence-electron chi connectivity index (χ1n) is 7.92. The van der Waals surface area contributed by atoms with Crippen LogP contribution >= 0.6 is 11.3 Å². The van der Waals surface area contributed by atoms with Gasteiger partial charge < -0.3 is 14.2 Å². The minimum atomic E-state index is 0.586. The van der Waals surface area contributed by atoms with E-state index in [9.17, 15) is 0 Å². The minimum absolute atomic E-state index is 0.586. The number of rotatable bonds is 5. The van der Waals surface area contributed by atoms with Crippen molar-refractivity contribution in [2.75, 3.05) is 21.3 Å². The van der Waals surface area contributed by atoms with Gasteiger partial charge in [0.25, 0.3) is 0 Å². The molecular formula is C20H21NO3S. The highest BCUT2D eigenvalue weighted by molar-refractivity contribution is 7.19. The summed E-state index contributed by atoms with van der Waals surface area (Å²) in [6.07, 6.45) is 3.98. The molecule has 0 aliphatic heterocycles. The van der Waals surface area contributed by atoms with Gasteiger partial charge in [-0.3, -0.25) is 0 Å². The minimum Gasteiger partial charge on any atom is -0.493 e. The molecule has 0 aliphatic rings. The molecule has 0 spiro atoms. The van der Waals surface area contributed by atoms with Gasteiger partial charge in [-0.1, -0.05) is 0 Å². The van der Waals surface area contributed by atoms with Crippen LogP contribution in [-0.4, -0.2) is 26.3 Å². The topological polar surface area (TPSA) is 40.6 Å². The second kappa shape index (κ2) is 7.15. The van der Waals surface area contributed by atoms with Crippen molar-refractivity contribution in [3.8, 4) is 17.2 Å². The van der Waals surface area contributed by atoms with Gasteiger partial charge in [-0.2, -0.15) is 0 Å². The Bertz CT molecular complexity index is 905. The molecule has 4 nitrogen and oxygen atoms in total. The summed E-state index contributed by atoms with van der Waals surface area (Å²) in [5, 5.41) is 0.955. The highest BCUT2D eigenvalue weighted by Crippen LogP contribution is 2.40. The molecule has 0 radical (unpaired) electrons. The van der Waals surface area contributed by atoms with E-state index in [0.717, 1.165) is 16.1 Å². The molecule has 0 bridgehead atoms. The van der Waals surface area contributed by atoms with E-state index < -0.39 is 0 Å². The lowest BCUT2D eigenvalue weighted by molar-refractivity contribution is 0.324.